The summed E-state index contributed by atoms with van der Waals surface area (Å²) in [5, 5.41) is 22.3. The van der Waals surface area contributed by atoms with E-state index in [1.807, 2.05) is 6.92 Å². The molecule has 1 saturated heterocycles. The highest BCUT2D eigenvalue weighted by Gasteiger charge is 2.32. The average molecular weight is 448 g/mol. The molecular weight excluding hydrogens is 426 g/mol. The second-order valence-electron chi connectivity index (χ2n) is 7.31. The van der Waals surface area contributed by atoms with Crippen LogP contribution in [0.2, 0.25) is 0 Å². The van der Waals surface area contributed by atoms with Crippen molar-refractivity contribution in [3.8, 4) is 11.5 Å². The predicted octanol–water partition coefficient (Wildman–Crippen LogP) is 3.06. The molecule has 0 saturated carbocycles. The number of fused-ring (bicyclic) bond motifs is 1. The Kier molecular flexibility index (Phi) is 5.39. The molecule has 2 aromatic carbocycles. The van der Waals surface area contributed by atoms with Crippen LogP contribution in [0.5, 0.6) is 11.5 Å². The quantitative estimate of drug-likeness (QED) is 0.529. The normalized spacial score (nSPS) is 16.0. The van der Waals surface area contributed by atoms with Crippen LogP contribution in [-0.2, 0) is 14.8 Å². The third-order valence-corrected chi connectivity index (χ3v) is 8.04. The van der Waals surface area contributed by atoms with E-state index >= 15 is 0 Å². The minimum absolute atomic E-state index is 0.213. The molecule has 30 heavy (non-hydrogen) atoms. The van der Waals surface area contributed by atoms with Gasteiger partial charge in [0.2, 0.25) is 15.9 Å². The Morgan fingerprint density at radius 1 is 1.13 bits per heavy atom. The van der Waals surface area contributed by atoms with Gasteiger partial charge in [0.25, 0.3) is 0 Å². The van der Waals surface area contributed by atoms with Crippen molar-refractivity contribution in [3.63, 3.8) is 0 Å². The first kappa shape index (κ1) is 20.6. The number of aromatic hydroxyl groups is 2. The summed E-state index contributed by atoms with van der Waals surface area (Å²) in [6.07, 6.45) is 0.840. The summed E-state index contributed by atoms with van der Waals surface area (Å²) in [5.74, 6) is -1.04. The van der Waals surface area contributed by atoms with E-state index in [4.69, 9.17) is 0 Å². The largest absolute Gasteiger partial charge is 0.504 e. The van der Waals surface area contributed by atoms with Gasteiger partial charge >= 0.3 is 0 Å². The summed E-state index contributed by atoms with van der Waals surface area (Å²) >= 11 is 1.20. The van der Waals surface area contributed by atoms with E-state index in [0.29, 0.717) is 28.2 Å². The number of carbonyl (C=O) groups is 1. The second-order valence-corrected chi connectivity index (χ2v) is 10.3. The van der Waals surface area contributed by atoms with Crippen LogP contribution < -0.4 is 5.32 Å². The molecule has 1 aromatic heterocycles. The zero-order valence-electron chi connectivity index (χ0n) is 16.2. The SMILES string of the molecule is Cc1ccc(S(=O)(=O)N2CCC(C(=O)Nc3nc4cc(O)c(O)cc4s3)CC2)cc1. The minimum Gasteiger partial charge on any atom is -0.504 e. The smallest absolute Gasteiger partial charge is 0.243 e. The lowest BCUT2D eigenvalue weighted by Gasteiger charge is -2.30. The molecule has 1 aliphatic rings. The highest BCUT2D eigenvalue weighted by Crippen LogP contribution is 2.35. The van der Waals surface area contributed by atoms with Crippen LogP contribution in [0.15, 0.2) is 41.3 Å². The van der Waals surface area contributed by atoms with Crippen molar-refractivity contribution in [2.45, 2.75) is 24.7 Å². The van der Waals surface area contributed by atoms with Crippen molar-refractivity contribution in [2.24, 2.45) is 5.92 Å². The molecule has 158 valence electrons. The van der Waals surface area contributed by atoms with Gasteiger partial charge < -0.3 is 15.5 Å². The van der Waals surface area contributed by atoms with Gasteiger partial charge in [0.1, 0.15) is 0 Å². The fourth-order valence-electron chi connectivity index (χ4n) is 3.43. The first-order valence-electron chi connectivity index (χ1n) is 9.44. The van der Waals surface area contributed by atoms with Gasteiger partial charge in [-0.1, -0.05) is 29.0 Å². The van der Waals surface area contributed by atoms with Gasteiger partial charge in [-0.2, -0.15) is 4.31 Å². The van der Waals surface area contributed by atoms with Crippen molar-refractivity contribution in [2.75, 3.05) is 18.4 Å². The molecule has 1 amide bonds. The third-order valence-electron chi connectivity index (χ3n) is 5.20. The van der Waals surface area contributed by atoms with E-state index in [1.54, 1.807) is 24.3 Å². The third kappa shape index (κ3) is 3.98. The summed E-state index contributed by atoms with van der Waals surface area (Å²) < 4.78 is 27.7. The molecule has 0 atom stereocenters. The molecule has 2 heterocycles. The number of piperidine rings is 1. The van der Waals surface area contributed by atoms with Crippen LogP contribution in [0.4, 0.5) is 5.13 Å². The number of carbonyl (C=O) groups excluding carboxylic acids is 1. The number of benzene rings is 2. The Morgan fingerprint density at radius 2 is 1.77 bits per heavy atom. The van der Waals surface area contributed by atoms with Crippen molar-refractivity contribution >= 4 is 42.6 Å². The Bertz CT molecular complexity index is 1160. The van der Waals surface area contributed by atoms with Crippen molar-refractivity contribution in [1.82, 2.24) is 9.29 Å². The topological polar surface area (TPSA) is 120 Å². The molecule has 1 fully saturated rings. The maximum Gasteiger partial charge on any atom is 0.243 e. The van der Waals surface area contributed by atoms with Crippen molar-refractivity contribution in [1.29, 1.82) is 0 Å². The zero-order valence-corrected chi connectivity index (χ0v) is 17.8. The van der Waals surface area contributed by atoms with Crippen LogP contribution in [-0.4, -0.2) is 46.9 Å². The number of nitrogens with one attached hydrogen (secondary N) is 1. The standard InChI is InChI=1S/C20H21N3O5S2/c1-12-2-4-14(5-3-12)30(27,28)23-8-6-13(7-9-23)19(26)22-20-21-15-10-16(24)17(25)11-18(15)29-20/h2-5,10-11,13,24-25H,6-9H2,1H3,(H,21,22,26). The molecule has 0 aliphatic carbocycles. The zero-order chi connectivity index (χ0) is 21.5. The number of nitrogens with zero attached hydrogens (tertiary/aromatic N) is 2. The predicted molar refractivity (Wildman–Crippen MR) is 114 cm³/mol. The number of hydrogen-bond acceptors (Lipinski definition) is 7. The molecule has 3 aromatic rings. The fourth-order valence-corrected chi connectivity index (χ4v) is 5.78. The van der Waals surface area contributed by atoms with Gasteiger partial charge in [0.05, 0.1) is 15.1 Å². The monoisotopic (exact) mass is 447 g/mol. The Labute approximate surface area is 177 Å². The number of aromatic nitrogens is 1. The molecule has 1 aliphatic heterocycles. The van der Waals surface area contributed by atoms with Gasteiger partial charge in [-0.3, -0.25) is 4.79 Å². The molecule has 8 nitrogen and oxygen atoms in total. The lowest BCUT2D eigenvalue weighted by atomic mass is 9.97. The second kappa shape index (κ2) is 7.86. The van der Waals surface area contributed by atoms with E-state index in [9.17, 15) is 23.4 Å². The van der Waals surface area contributed by atoms with Gasteiger partial charge in [-0.05, 0) is 31.9 Å². The Hall–Kier alpha value is -2.69. The van der Waals surface area contributed by atoms with E-state index in [0.717, 1.165) is 5.56 Å². The maximum absolute atomic E-state index is 12.8. The Balaban J connectivity index is 1.40. The van der Waals surface area contributed by atoms with E-state index in [1.165, 1.54) is 27.8 Å². The van der Waals surface area contributed by atoms with E-state index in [2.05, 4.69) is 10.3 Å². The number of phenolic OH excluding ortho intramolecular Hbond substituents is 2. The number of thiazole rings is 1. The van der Waals surface area contributed by atoms with Gasteiger partial charge in [-0.25, -0.2) is 13.4 Å². The highest BCUT2D eigenvalue weighted by molar-refractivity contribution is 7.89. The number of sulfonamides is 1. The van der Waals surface area contributed by atoms with Crippen LogP contribution in [0.3, 0.4) is 0 Å². The highest BCUT2D eigenvalue weighted by atomic mass is 32.2. The van der Waals surface area contributed by atoms with Gasteiger partial charge in [0.15, 0.2) is 16.6 Å². The maximum atomic E-state index is 12.8. The molecule has 0 bridgehead atoms. The molecule has 4 rings (SSSR count). The number of aryl methyl sites for hydroxylation is 1. The van der Waals surface area contributed by atoms with Crippen LogP contribution >= 0.6 is 11.3 Å². The van der Waals surface area contributed by atoms with Crippen LogP contribution in [0.25, 0.3) is 10.2 Å². The number of rotatable bonds is 4. The minimum atomic E-state index is -3.57. The summed E-state index contributed by atoms with van der Waals surface area (Å²) in [4.78, 5) is 17.2. The average Bonchev–Trinajstić information content (AvgIpc) is 3.09. The summed E-state index contributed by atoms with van der Waals surface area (Å²) in [7, 11) is -3.57. The number of phenols is 2. The first-order chi connectivity index (χ1) is 14.2. The molecule has 0 spiro atoms. The Morgan fingerprint density at radius 3 is 2.43 bits per heavy atom. The van der Waals surface area contributed by atoms with Gasteiger partial charge in [0, 0.05) is 31.1 Å². The summed E-state index contributed by atoms with van der Waals surface area (Å²) in [5.41, 5.74) is 1.47. The molecule has 3 N–H and O–H groups in total. The van der Waals surface area contributed by atoms with E-state index < -0.39 is 10.0 Å². The van der Waals surface area contributed by atoms with Crippen LogP contribution in [0.1, 0.15) is 18.4 Å². The number of hydrogen-bond donors (Lipinski definition) is 3. The van der Waals surface area contributed by atoms with Gasteiger partial charge in [-0.15, -0.1) is 0 Å². The van der Waals surface area contributed by atoms with E-state index in [-0.39, 0.29) is 41.3 Å². The summed E-state index contributed by atoms with van der Waals surface area (Å²) in [6.45, 7) is 2.45. The molecule has 0 unspecified atom stereocenters. The van der Waals surface area contributed by atoms with Crippen LogP contribution in [0, 0.1) is 12.8 Å². The lowest BCUT2D eigenvalue weighted by Crippen LogP contribution is -2.41. The van der Waals surface area contributed by atoms with Crippen molar-refractivity contribution < 1.29 is 23.4 Å². The lowest BCUT2D eigenvalue weighted by molar-refractivity contribution is -0.120. The fraction of sp³-hybridized carbons (Fsp3) is 0.300. The number of amides is 1. The number of anilines is 1. The summed E-state index contributed by atoms with van der Waals surface area (Å²) in [6, 6.07) is 9.48. The molecular formula is C20H21N3O5S2. The van der Waals surface area contributed by atoms with Crippen molar-refractivity contribution in [3.05, 3.63) is 42.0 Å². The molecule has 10 heteroatoms. The first-order valence-corrected chi connectivity index (χ1v) is 11.7. The molecule has 0 radical (unpaired) electrons.